The Morgan fingerprint density at radius 3 is 2.36 bits per heavy atom. The van der Waals surface area contributed by atoms with Crippen molar-refractivity contribution in [3.63, 3.8) is 0 Å². The minimum absolute atomic E-state index is 0.00853. The van der Waals surface area contributed by atoms with E-state index in [0.717, 1.165) is 50.2 Å². The third-order valence-corrected chi connectivity index (χ3v) is 4.48. The first kappa shape index (κ1) is 16.7. The van der Waals surface area contributed by atoms with Gasteiger partial charge in [-0.25, -0.2) is 0 Å². The summed E-state index contributed by atoms with van der Waals surface area (Å²) in [7, 11) is 0. The molecule has 2 heterocycles. The zero-order valence-electron chi connectivity index (χ0n) is 14.1. The van der Waals surface area contributed by atoms with E-state index in [2.05, 4.69) is 17.2 Å². The Labute approximate surface area is 132 Å². The fraction of sp³-hybridized carbons (Fsp3) is 0.647. The van der Waals surface area contributed by atoms with Crippen molar-refractivity contribution in [3.8, 4) is 0 Å². The fourth-order valence-corrected chi connectivity index (χ4v) is 3.44. The van der Waals surface area contributed by atoms with Gasteiger partial charge in [0.15, 0.2) is 5.78 Å². The van der Waals surface area contributed by atoms with Crippen LogP contribution in [0, 0.1) is 13.8 Å². The van der Waals surface area contributed by atoms with Crippen LogP contribution in [0.2, 0.25) is 0 Å². The first-order valence-electron chi connectivity index (χ1n) is 8.19. The van der Waals surface area contributed by atoms with Gasteiger partial charge in [-0.05, 0) is 58.7 Å². The van der Waals surface area contributed by atoms with E-state index >= 15 is 0 Å². The van der Waals surface area contributed by atoms with Crippen LogP contribution in [-0.4, -0.2) is 47.3 Å². The zero-order chi connectivity index (χ0) is 16.3. The first-order valence-corrected chi connectivity index (χ1v) is 8.19. The van der Waals surface area contributed by atoms with Crippen LogP contribution >= 0.6 is 0 Å². The summed E-state index contributed by atoms with van der Waals surface area (Å²) in [5.74, 6) is 0.0380. The minimum Gasteiger partial charge on any atom is -0.354 e. The molecule has 22 heavy (non-hydrogen) atoms. The molecule has 1 aromatic rings. The second-order valence-electron chi connectivity index (χ2n) is 6.16. The number of nitrogens with zero attached hydrogens (tertiary/aromatic N) is 1. The van der Waals surface area contributed by atoms with Crippen LogP contribution in [0.5, 0.6) is 0 Å². The molecule has 0 aliphatic carbocycles. The molecular weight excluding hydrogens is 278 g/mol. The van der Waals surface area contributed by atoms with Gasteiger partial charge in [0.2, 0.25) is 0 Å². The molecule has 1 aliphatic heterocycles. The van der Waals surface area contributed by atoms with Gasteiger partial charge in [0, 0.05) is 23.8 Å². The number of hydrogen-bond acceptors (Lipinski definition) is 3. The summed E-state index contributed by atoms with van der Waals surface area (Å²) in [6.45, 7) is 10.0. The minimum atomic E-state index is 0.00853. The molecule has 122 valence electrons. The van der Waals surface area contributed by atoms with Crippen molar-refractivity contribution in [1.82, 2.24) is 15.2 Å². The van der Waals surface area contributed by atoms with Gasteiger partial charge >= 0.3 is 0 Å². The Hall–Kier alpha value is -1.62. The number of aromatic nitrogens is 1. The van der Waals surface area contributed by atoms with Crippen molar-refractivity contribution in [3.05, 3.63) is 22.5 Å². The Kier molecular flexibility index (Phi) is 5.40. The summed E-state index contributed by atoms with van der Waals surface area (Å²) in [4.78, 5) is 29.9. The maximum Gasteiger partial charge on any atom is 0.270 e. The number of hydrogen-bond donors (Lipinski definition) is 2. The van der Waals surface area contributed by atoms with E-state index in [1.165, 1.54) is 0 Å². The molecule has 1 fully saturated rings. The van der Waals surface area contributed by atoms with Crippen molar-refractivity contribution in [1.29, 1.82) is 0 Å². The van der Waals surface area contributed by atoms with Crippen LogP contribution in [0.25, 0.3) is 0 Å². The number of nitrogens with one attached hydrogen (secondary N) is 2. The van der Waals surface area contributed by atoms with Crippen LogP contribution in [0.15, 0.2) is 0 Å². The lowest BCUT2D eigenvalue weighted by Gasteiger charge is -2.34. The zero-order valence-corrected chi connectivity index (χ0v) is 14.1. The average molecular weight is 305 g/mol. The van der Waals surface area contributed by atoms with Gasteiger partial charge < -0.3 is 15.2 Å². The lowest BCUT2D eigenvalue weighted by Crippen LogP contribution is -2.46. The smallest absolute Gasteiger partial charge is 0.270 e. The normalized spacial score (nSPS) is 15.8. The topological polar surface area (TPSA) is 65.2 Å². The highest BCUT2D eigenvalue weighted by Gasteiger charge is 2.29. The molecule has 1 saturated heterocycles. The Bertz CT molecular complexity index is 556. The molecule has 0 aromatic carbocycles. The highest BCUT2D eigenvalue weighted by atomic mass is 16.2. The monoisotopic (exact) mass is 305 g/mol. The van der Waals surface area contributed by atoms with Crippen LogP contribution in [0.3, 0.4) is 0 Å². The van der Waals surface area contributed by atoms with Gasteiger partial charge in [0.25, 0.3) is 5.91 Å². The molecule has 0 radical (unpaired) electrons. The third-order valence-electron chi connectivity index (χ3n) is 4.48. The highest BCUT2D eigenvalue weighted by Crippen LogP contribution is 2.22. The fourth-order valence-electron chi connectivity index (χ4n) is 3.44. The van der Waals surface area contributed by atoms with Gasteiger partial charge in [-0.3, -0.25) is 9.59 Å². The Morgan fingerprint density at radius 2 is 1.86 bits per heavy atom. The van der Waals surface area contributed by atoms with Gasteiger partial charge in [0.1, 0.15) is 5.69 Å². The molecule has 1 amide bonds. The third kappa shape index (κ3) is 3.24. The van der Waals surface area contributed by atoms with E-state index in [1.54, 1.807) is 6.92 Å². The number of aryl methyl sites for hydroxylation is 1. The van der Waals surface area contributed by atoms with Crippen molar-refractivity contribution < 1.29 is 9.59 Å². The average Bonchev–Trinajstić information content (AvgIpc) is 2.80. The molecule has 0 unspecified atom stereocenters. The lowest BCUT2D eigenvalue weighted by molar-refractivity contribution is 0.0636. The Balaban J connectivity index is 2.30. The number of rotatable bonds is 5. The lowest BCUT2D eigenvalue weighted by atomic mass is 10.0. The van der Waals surface area contributed by atoms with Crippen molar-refractivity contribution >= 4 is 11.7 Å². The molecule has 0 atom stereocenters. The van der Waals surface area contributed by atoms with Crippen LogP contribution < -0.4 is 5.32 Å². The molecule has 0 spiro atoms. The summed E-state index contributed by atoms with van der Waals surface area (Å²) in [6, 6.07) is 0.289. The molecule has 1 aliphatic rings. The van der Waals surface area contributed by atoms with Crippen LogP contribution in [-0.2, 0) is 0 Å². The van der Waals surface area contributed by atoms with Gasteiger partial charge in [-0.1, -0.05) is 6.92 Å². The number of Topliss-reactive ketones (excluding diaryl/α,β-unsaturated/α-hetero) is 1. The molecule has 1 aromatic heterocycles. The van der Waals surface area contributed by atoms with Gasteiger partial charge in [-0.2, -0.15) is 0 Å². The summed E-state index contributed by atoms with van der Waals surface area (Å²) in [5, 5.41) is 3.34. The molecule has 5 nitrogen and oxygen atoms in total. The second kappa shape index (κ2) is 7.09. The van der Waals surface area contributed by atoms with E-state index in [9.17, 15) is 9.59 Å². The summed E-state index contributed by atoms with van der Waals surface area (Å²) in [6.07, 6.45) is 2.92. The summed E-state index contributed by atoms with van der Waals surface area (Å²) >= 11 is 0. The number of piperidine rings is 1. The largest absolute Gasteiger partial charge is 0.354 e. The van der Waals surface area contributed by atoms with Crippen LogP contribution in [0.4, 0.5) is 0 Å². The van der Waals surface area contributed by atoms with Gasteiger partial charge in [0.05, 0.1) is 0 Å². The van der Waals surface area contributed by atoms with E-state index in [4.69, 9.17) is 0 Å². The molecule has 5 heteroatoms. The quantitative estimate of drug-likeness (QED) is 0.821. The van der Waals surface area contributed by atoms with E-state index in [1.807, 2.05) is 18.7 Å². The van der Waals surface area contributed by atoms with Crippen molar-refractivity contribution in [2.45, 2.75) is 53.0 Å². The van der Waals surface area contributed by atoms with Crippen molar-refractivity contribution in [2.24, 2.45) is 0 Å². The Morgan fingerprint density at radius 1 is 1.23 bits per heavy atom. The molecule has 2 rings (SSSR count). The molecule has 2 N–H and O–H groups in total. The predicted octanol–water partition coefficient (Wildman–Crippen LogP) is 2.44. The maximum atomic E-state index is 13.0. The number of carbonyl (C=O) groups excluding carboxylic acids is 2. The highest BCUT2D eigenvalue weighted by molar-refractivity contribution is 6.02. The number of H-pyrrole nitrogens is 1. The predicted molar refractivity (Wildman–Crippen MR) is 87.5 cm³/mol. The SMILES string of the molecule is CCCN(C(=O)c1[nH]c(C)c(C(C)=O)c1C)C1CCNCC1. The molecule has 0 bridgehead atoms. The number of aromatic amines is 1. The van der Waals surface area contributed by atoms with Crippen molar-refractivity contribution in [2.75, 3.05) is 19.6 Å². The van der Waals surface area contributed by atoms with E-state index in [-0.39, 0.29) is 17.7 Å². The van der Waals surface area contributed by atoms with E-state index < -0.39 is 0 Å². The van der Waals surface area contributed by atoms with Crippen LogP contribution in [0.1, 0.15) is 65.2 Å². The van der Waals surface area contributed by atoms with E-state index in [0.29, 0.717) is 11.3 Å². The number of amides is 1. The number of carbonyl (C=O) groups is 2. The van der Waals surface area contributed by atoms with Gasteiger partial charge in [-0.15, -0.1) is 0 Å². The maximum absolute atomic E-state index is 13.0. The first-order chi connectivity index (χ1) is 10.5. The summed E-state index contributed by atoms with van der Waals surface area (Å²) < 4.78 is 0. The summed E-state index contributed by atoms with van der Waals surface area (Å²) in [5.41, 5.74) is 2.81. The second-order valence-corrected chi connectivity index (χ2v) is 6.16. The standard InChI is InChI=1S/C17H27N3O2/c1-5-10-20(14-6-8-18-9-7-14)17(22)16-11(2)15(13(4)21)12(3)19-16/h14,18-19H,5-10H2,1-4H3. The molecule has 0 saturated carbocycles. The molecular formula is C17H27N3O2. The number of ketones is 1.